The Labute approximate surface area is 207 Å². The fourth-order valence-electron chi connectivity index (χ4n) is 4.32. The highest BCUT2D eigenvalue weighted by Crippen LogP contribution is 2.37. The number of phenolic OH excluding ortho intramolecular Hbond substituents is 2. The maximum Gasteiger partial charge on any atom is 0.407 e. The van der Waals surface area contributed by atoms with Crippen molar-refractivity contribution in [3.63, 3.8) is 0 Å². The summed E-state index contributed by atoms with van der Waals surface area (Å²) in [5.41, 5.74) is 1.89. The molecule has 2 heterocycles. The smallest absolute Gasteiger partial charge is 0.407 e. The molecule has 1 aliphatic rings. The molecule has 0 radical (unpaired) electrons. The molecule has 2 aromatic carbocycles. The van der Waals surface area contributed by atoms with Crippen LogP contribution < -0.4 is 5.69 Å². The van der Waals surface area contributed by atoms with Gasteiger partial charge in [-0.1, -0.05) is 26.0 Å². The van der Waals surface area contributed by atoms with Gasteiger partial charge in [0.2, 0.25) is 5.91 Å². The van der Waals surface area contributed by atoms with E-state index in [2.05, 4.69) is 10.2 Å². The Balaban J connectivity index is 1.48. The van der Waals surface area contributed by atoms with Crippen molar-refractivity contribution in [1.82, 2.24) is 24.6 Å². The lowest BCUT2D eigenvalue weighted by molar-refractivity contribution is -0.132. The molecule has 4 rings (SSSR count). The molecule has 1 saturated heterocycles. The number of aromatic nitrogens is 3. The molecular weight excluding hydrogens is 466 g/mol. The van der Waals surface area contributed by atoms with Gasteiger partial charge in [0.1, 0.15) is 11.5 Å². The van der Waals surface area contributed by atoms with Gasteiger partial charge < -0.3 is 25.1 Å². The number of aromatic hydroxyl groups is 2. The van der Waals surface area contributed by atoms with Crippen LogP contribution in [-0.2, 0) is 11.2 Å². The quantitative estimate of drug-likeness (QED) is 0.410. The second-order valence-corrected chi connectivity index (χ2v) is 9.09. The third-order valence-electron chi connectivity index (χ3n) is 6.41. The van der Waals surface area contributed by atoms with Crippen LogP contribution in [0.2, 0.25) is 0 Å². The summed E-state index contributed by atoms with van der Waals surface area (Å²) in [7, 11) is 0. The molecule has 36 heavy (non-hydrogen) atoms. The number of benzene rings is 2. The van der Waals surface area contributed by atoms with Crippen LogP contribution >= 0.6 is 0 Å². The number of rotatable bonds is 6. The first-order valence-electron chi connectivity index (χ1n) is 11.7. The van der Waals surface area contributed by atoms with Crippen LogP contribution in [0.1, 0.15) is 37.3 Å². The molecule has 1 aliphatic heterocycles. The van der Waals surface area contributed by atoms with Crippen molar-refractivity contribution in [1.29, 1.82) is 0 Å². The van der Waals surface area contributed by atoms with Crippen LogP contribution in [0.15, 0.2) is 41.2 Å². The zero-order valence-corrected chi connectivity index (χ0v) is 20.1. The maximum absolute atomic E-state index is 12.6. The van der Waals surface area contributed by atoms with Crippen molar-refractivity contribution in [3.8, 4) is 28.6 Å². The molecule has 0 spiro atoms. The Kier molecular flexibility index (Phi) is 7.00. The molecule has 2 amide bonds. The van der Waals surface area contributed by atoms with Crippen LogP contribution in [0.3, 0.4) is 0 Å². The zero-order chi connectivity index (χ0) is 26.0. The van der Waals surface area contributed by atoms with Crippen LogP contribution in [0.25, 0.3) is 17.1 Å². The number of hydrogen-bond acceptors (Lipinski definition) is 6. The highest BCUT2D eigenvalue weighted by atomic mass is 16.4. The van der Waals surface area contributed by atoms with Crippen molar-refractivity contribution >= 4 is 12.0 Å². The highest BCUT2D eigenvalue weighted by molar-refractivity contribution is 5.77. The third-order valence-corrected chi connectivity index (χ3v) is 6.41. The second-order valence-electron chi connectivity index (χ2n) is 9.09. The predicted octanol–water partition coefficient (Wildman–Crippen LogP) is 2.52. The predicted molar refractivity (Wildman–Crippen MR) is 132 cm³/mol. The number of piperazine rings is 1. The van der Waals surface area contributed by atoms with E-state index in [0.29, 0.717) is 55.8 Å². The van der Waals surface area contributed by atoms with Crippen LogP contribution in [0.4, 0.5) is 4.79 Å². The van der Waals surface area contributed by atoms with Crippen LogP contribution in [-0.4, -0.2) is 78.1 Å². The van der Waals surface area contributed by atoms with Gasteiger partial charge in [-0.15, -0.1) is 0 Å². The van der Waals surface area contributed by atoms with E-state index in [1.807, 2.05) is 26.0 Å². The van der Waals surface area contributed by atoms with E-state index in [4.69, 9.17) is 5.11 Å². The SMILES string of the molecule is CC(C)c1cc(-c2n[nH]c(=O)n2-c2ccc(CCC(=O)N3CCN(C(=O)O)CC3)cc2)c(O)cc1O. The number of carboxylic acid groups (broad SMARTS) is 1. The molecule has 4 N–H and O–H groups in total. The van der Waals surface area contributed by atoms with Crippen LogP contribution in [0.5, 0.6) is 11.5 Å². The maximum atomic E-state index is 12.6. The number of amides is 2. The van der Waals surface area contributed by atoms with Gasteiger partial charge >= 0.3 is 11.8 Å². The van der Waals surface area contributed by atoms with E-state index >= 15 is 0 Å². The van der Waals surface area contributed by atoms with Gasteiger partial charge in [0, 0.05) is 38.7 Å². The van der Waals surface area contributed by atoms with Crippen molar-refractivity contribution in [2.45, 2.75) is 32.6 Å². The molecule has 1 fully saturated rings. The first-order valence-corrected chi connectivity index (χ1v) is 11.7. The first-order chi connectivity index (χ1) is 17.2. The lowest BCUT2D eigenvalue weighted by atomic mass is 9.98. The van der Waals surface area contributed by atoms with Crippen molar-refractivity contribution in [3.05, 3.63) is 58.0 Å². The van der Waals surface area contributed by atoms with E-state index in [1.165, 1.54) is 15.5 Å². The second kappa shape index (κ2) is 10.1. The molecule has 0 aliphatic carbocycles. The minimum atomic E-state index is -0.969. The van der Waals surface area contributed by atoms with E-state index in [9.17, 15) is 24.6 Å². The Morgan fingerprint density at radius 1 is 1.00 bits per heavy atom. The molecule has 3 aromatic rings. The minimum Gasteiger partial charge on any atom is -0.508 e. The minimum absolute atomic E-state index is 0.00787. The Bertz CT molecular complexity index is 1320. The average Bonchev–Trinajstić information content (AvgIpc) is 3.23. The van der Waals surface area contributed by atoms with Crippen molar-refractivity contribution in [2.75, 3.05) is 26.2 Å². The summed E-state index contributed by atoms with van der Waals surface area (Å²) in [6, 6.07) is 10.0. The number of carbonyl (C=O) groups excluding carboxylic acids is 1. The fraction of sp³-hybridized carbons (Fsp3) is 0.360. The summed E-state index contributed by atoms with van der Waals surface area (Å²) >= 11 is 0. The summed E-state index contributed by atoms with van der Waals surface area (Å²) in [5.74, 6) is -0.0506. The zero-order valence-electron chi connectivity index (χ0n) is 20.1. The van der Waals surface area contributed by atoms with Gasteiger partial charge in [0.25, 0.3) is 0 Å². The number of hydrogen-bond donors (Lipinski definition) is 4. The molecular formula is C25H29N5O6. The highest BCUT2D eigenvalue weighted by Gasteiger charge is 2.23. The van der Waals surface area contributed by atoms with Crippen LogP contribution in [0, 0.1) is 0 Å². The van der Waals surface area contributed by atoms with Gasteiger partial charge in [0.15, 0.2) is 5.82 Å². The molecule has 1 aromatic heterocycles. The number of nitrogens with one attached hydrogen (secondary N) is 1. The Hall–Kier alpha value is -4.28. The molecule has 11 heteroatoms. The lowest BCUT2D eigenvalue weighted by Crippen LogP contribution is -2.50. The molecule has 11 nitrogen and oxygen atoms in total. The molecule has 0 unspecified atom stereocenters. The Morgan fingerprint density at radius 2 is 1.64 bits per heavy atom. The molecule has 190 valence electrons. The third kappa shape index (κ3) is 5.04. The van der Waals surface area contributed by atoms with Gasteiger partial charge in [-0.05, 0) is 41.7 Å². The van der Waals surface area contributed by atoms with Gasteiger partial charge in [0.05, 0.1) is 11.3 Å². The van der Waals surface area contributed by atoms with E-state index in [1.54, 1.807) is 23.1 Å². The average molecular weight is 496 g/mol. The first kappa shape index (κ1) is 24.8. The summed E-state index contributed by atoms with van der Waals surface area (Å²) in [5, 5.41) is 36.2. The number of aromatic amines is 1. The van der Waals surface area contributed by atoms with Crippen molar-refractivity contribution < 1.29 is 24.9 Å². The number of H-pyrrole nitrogens is 1. The van der Waals surface area contributed by atoms with E-state index in [-0.39, 0.29) is 29.1 Å². The monoisotopic (exact) mass is 495 g/mol. The topological polar surface area (TPSA) is 152 Å². The summed E-state index contributed by atoms with van der Waals surface area (Å²) in [6.45, 7) is 5.22. The summed E-state index contributed by atoms with van der Waals surface area (Å²) in [6.07, 6.45) is -0.173. The molecule has 0 atom stereocenters. The molecule has 0 saturated carbocycles. The summed E-state index contributed by atoms with van der Waals surface area (Å²) in [4.78, 5) is 39.1. The summed E-state index contributed by atoms with van der Waals surface area (Å²) < 4.78 is 1.34. The Morgan fingerprint density at radius 3 is 2.25 bits per heavy atom. The van der Waals surface area contributed by atoms with E-state index in [0.717, 1.165) is 5.56 Å². The number of nitrogens with zero attached hydrogens (tertiary/aromatic N) is 4. The number of phenols is 2. The molecule has 0 bridgehead atoms. The van der Waals surface area contributed by atoms with Gasteiger partial charge in [-0.25, -0.2) is 19.3 Å². The number of carbonyl (C=O) groups is 2. The van der Waals surface area contributed by atoms with Crippen molar-refractivity contribution in [2.24, 2.45) is 0 Å². The normalized spacial score (nSPS) is 13.9. The number of aryl methyl sites for hydroxylation is 1. The fourth-order valence-corrected chi connectivity index (χ4v) is 4.32. The van der Waals surface area contributed by atoms with E-state index < -0.39 is 11.8 Å². The standard InChI is InChI=1S/C25H29N5O6/c1-15(2)18-13-19(21(32)14-20(18)31)23-26-27-24(34)30(23)17-6-3-16(4-7-17)5-8-22(33)28-9-11-29(12-10-28)25(35)36/h3-4,6-7,13-15,31-32H,5,8-12H2,1-2H3,(H,27,34)(H,35,36). The van der Waals surface area contributed by atoms with Gasteiger partial charge in [-0.2, -0.15) is 5.10 Å². The lowest BCUT2D eigenvalue weighted by Gasteiger charge is -2.33. The largest absolute Gasteiger partial charge is 0.508 e. The van der Waals surface area contributed by atoms with Gasteiger partial charge in [-0.3, -0.25) is 4.79 Å².